The first kappa shape index (κ1) is 19.4. The SMILES string of the molecule is CCCN1C(=O)NC(CC(=O)N2CCC(CCc3ccccc3)CC2)C1=O. The number of piperidine rings is 1. The summed E-state index contributed by atoms with van der Waals surface area (Å²) in [7, 11) is 0. The molecular weight excluding hydrogens is 342 g/mol. The number of hydrogen-bond donors (Lipinski definition) is 1. The molecule has 6 heteroatoms. The molecule has 2 saturated heterocycles. The molecule has 1 aromatic carbocycles. The molecule has 2 aliphatic heterocycles. The third-order valence-electron chi connectivity index (χ3n) is 5.58. The molecule has 146 valence electrons. The van der Waals surface area contributed by atoms with E-state index < -0.39 is 6.04 Å². The van der Waals surface area contributed by atoms with Crippen LogP contribution in [0.15, 0.2) is 30.3 Å². The number of carbonyl (C=O) groups excluding carboxylic acids is 3. The molecule has 27 heavy (non-hydrogen) atoms. The Morgan fingerprint density at radius 1 is 1.15 bits per heavy atom. The van der Waals surface area contributed by atoms with Crippen LogP contribution in [-0.2, 0) is 16.0 Å². The second-order valence-electron chi connectivity index (χ2n) is 7.54. The van der Waals surface area contributed by atoms with Crippen molar-refractivity contribution in [1.82, 2.24) is 15.1 Å². The zero-order chi connectivity index (χ0) is 19.2. The van der Waals surface area contributed by atoms with Gasteiger partial charge in [-0.25, -0.2) is 4.79 Å². The number of hydrogen-bond acceptors (Lipinski definition) is 3. The third kappa shape index (κ3) is 4.87. The smallest absolute Gasteiger partial charge is 0.324 e. The summed E-state index contributed by atoms with van der Waals surface area (Å²) in [6, 6.07) is 9.42. The van der Waals surface area contributed by atoms with E-state index in [1.807, 2.05) is 17.9 Å². The van der Waals surface area contributed by atoms with Gasteiger partial charge in [-0.2, -0.15) is 0 Å². The zero-order valence-corrected chi connectivity index (χ0v) is 16.0. The lowest BCUT2D eigenvalue weighted by Gasteiger charge is -2.32. The van der Waals surface area contributed by atoms with Crippen molar-refractivity contribution in [3.8, 4) is 0 Å². The quantitative estimate of drug-likeness (QED) is 0.749. The van der Waals surface area contributed by atoms with Crippen molar-refractivity contribution < 1.29 is 14.4 Å². The summed E-state index contributed by atoms with van der Waals surface area (Å²) in [6.07, 6.45) is 5.03. The molecule has 0 saturated carbocycles. The van der Waals surface area contributed by atoms with Crippen LogP contribution in [0, 0.1) is 5.92 Å². The molecule has 1 unspecified atom stereocenters. The van der Waals surface area contributed by atoms with Crippen LogP contribution in [0.2, 0.25) is 0 Å². The van der Waals surface area contributed by atoms with Crippen LogP contribution in [0.1, 0.15) is 44.6 Å². The molecule has 2 aliphatic rings. The van der Waals surface area contributed by atoms with Crippen LogP contribution >= 0.6 is 0 Å². The highest BCUT2D eigenvalue weighted by molar-refractivity contribution is 6.05. The van der Waals surface area contributed by atoms with E-state index in [1.54, 1.807) is 0 Å². The van der Waals surface area contributed by atoms with Gasteiger partial charge in [-0.3, -0.25) is 14.5 Å². The molecule has 0 bridgehead atoms. The van der Waals surface area contributed by atoms with Gasteiger partial charge in [-0.1, -0.05) is 37.3 Å². The summed E-state index contributed by atoms with van der Waals surface area (Å²) >= 11 is 0. The minimum absolute atomic E-state index is 0.0338. The fraction of sp³-hybridized carbons (Fsp3) is 0.571. The summed E-state index contributed by atoms with van der Waals surface area (Å²) in [4.78, 5) is 39.7. The van der Waals surface area contributed by atoms with E-state index in [0.717, 1.165) is 45.2 Å². The van der Waals surface area contributed by atoms with E-state index >= 15 is 0 Å². The van der Waals surface area contributed by atoms with E-state index in [2.05, 4.69) is 29.6 Å². The molecule has 2 fully saturated rings. The molecular formula is C21H29N3O3. The molecule has 4 amide bonds. The first-order valence-corrected chi connectivity index (χ1v) is 10.0. The molecule has 0 aromatic heterocycles. The van der Waals surface area contributed by atoms with Gasteiger partial charge in [0, 0.05) is 19.6 Å². The standard InChI is InChI=1S/C21H29N3O3/c1-2-12-24-20(26)18(22-21(24)27)15-19(25)23-13-10-17(11-14-23)9-8-16-6-4-3-5-7-16/h3-7,17-18H,2,8-15H2,1H3,(H,22,27). The van der Waals surface area contributed by atoms with Crippen molar-refractivity contribution in [2.45, 2.75) is 51.5 Å². The zero-order valence-electron chi connectivity index (χ0n) is 16.0. The van der Waals surface area contributed by atoms with Crippen LogP contribution in [0.4, 0.5) is 4.79 Å². The Hall–Kier alpha value is -2.37. The van der Waals surface area contributed by atoms with E-state index in [-0.39, 0.29) is 24.3 Å². The molecule has 0 aliphatic carbocycles. The summed E-state index contributed by atoms with van der Waals surface area (Å²) < 4.78 is 0. The van der Waals surface area contributed by atoms with Gasteiger partial charge in [-0.05, 0) is 43.6 Å². The van der Waals surface area contributed by atoms with Crippen molar-refractivity contribution in [3.63, 3.8) is 0 Å². The van der Waals surface area contributed by atoms with Gasteiger partial charge in [0.15, 0.2) is 0 Å². The first-order chi connectivity index (χ1) is 13.1. The predicted octanol–water partition coefficient (Wildman–Crippen LogP) is 2.58. The van der Waals surface area contributed by atoms with E-state index in [1.165, 1.54) is 10.5 Å². The van der Waals surface area contributed by atoms with Crippen molar-refractivity contribution >= 4 is 17.8 Å². The lowest BCUT2D eigenvalue weighted by molar-refractivity contribution is -0.136. The summed E-state index contributed by atoms with van der Waals surface area (Å²) in [6.45, 7) is 3.81. The number of aryl methyl sites for hydroxylation is 1. The van der Waals surface area contributed by atoms with Crippen LogP contribution in [0.25, 0.3) is 0 Å². The van der Waals surface area contributed by atoms with Gasteiger partial charge in [0.1, 0.15) is 6.04 Å². The molecule has 3 rings (SSSR count). The number of benzene rings is 1. The van der Waals surface area contributed by atoms with Crippen LogP contribution in [-0.4, -0.2) is 53.3 Å². The third-order valence-corrected chi connectivity index (χ3v) is 5.58. The minimum Gasteiger partial charge on any atom is -0.343 e. The highest BCUT2D eigenvalue weighted by atomic mass is 16.2. The Balaban J connectivity index is 1.42. The molecule has 0 radical (unpaired) electrons. The maximum Gasteiger partial charge on any atom is 0.324 e. The van der Waals surface area contributed by atoms with Gasteiger partial charge in [0.25, 0.3) is 5.91 Å². The molecule has 2 heterocycles. The largest absolute Gasteiger partial charge is 0.343 e. The Morgan fingerprint density at radius 2 is 1.85 bits per heavy atom. The van der Waals surface area contributed by atoms with E-state index in [0.29, 0.717) is 12.5 Å². The highest BCUT2D eigenvalue weighted by Crippen LogP contribution is 2.23. The topological polar surface area (TPSA) is 69.7 Å². The fourth-order valence-electron chi connectivity index (χ4n) is 3.94. The van der Waals surface area contributed by atoms with Gasteiger partial charge in [0.05, 0.1) is 6.42 Å². The van der Waals surface area contributed by atoms with Gasteiger partial charge in [-0.15, -0.1) is 0 Å². The lowest BCUT2D eigenvalue weighted by atomic mass is 9.90. The summed E-state index contributed by atoms with van der Waals surface area (Å²) in [5, 5.41) is 2.65. The molecule has 6 nitrogen and oxygen atoms in total. The van der Waals surface area contributed by atoms with Crippen molar-refractivity contribution in [2.24, 2.45) is 5.92 Å². The van der Waals surface area contributed by atoms with Crippen molar-refractivity contribution in [2.75, 3.05) is 19.6 Å². The summed E-state index contributed by atoms with van der Waals surface area (Å²) in [5.74, 6) is 0.337. The number of likely N-dealkylation sites (tertiary alicyclic amines) is 1. The van der Waals surface area contributed by atoms with E-state index in [9.17, 15) is 14.4 Å². The van der Waals surface area contributed by atoms with Gasteiger partial charge in [0.2, 0.25) is 5.91 Å². The van der Waals surface area contributed by atoms with Crippen molar-refractivity contribution in [3.05, 3.63) is 35.9 Å². The maximum atomic E-state index is 12.6. The fourth-order valence-corrected chi connectivity index (χ4v) is 3.94. The highest BCUT2D eigenvalue weighted by Gasteiger charge is 2.39. The number of nitrogens with zero attached hydrogens (tertiary/aromatic N) is 2. The second kappa shape index (κ2) is 9.02. The van der Waals surface area contributed by atoms with Gasteiger partial charge >= 0.3 is 6.03 Å². The number of nitrogens with one attached hydrogen (secondary N) is 1. The number of rotatable bonds is 7. The monoisotopic (exact) mass is 371 g/mol. The number of urea groups is 1. The number of amides is 4. The first-order valence-electron chi connectivity index (χ1n) is 10.0. The van der Waals surface area contributed by atoms with Gasteiger partial charge < -0.3 is 10.2 Å². The Labute approximate surface area is 160 Å². The van der Waals surface area contributed by atoms with E-state index in [4.69, 9.17) is 0 Å². The maximum absolute atomic E-state index is 12.6. The Kier molecular flexibility index (Phi) is 6.48. The number of carbonyl (C=O) groups is 3. The van der Waals surface area contributed by atoms with Crippen LogP contribution < -0.4 is 5.32 Å². The van der Waals surface area contributed by atoms with Crippen LogP contribution in [0.5, 0.6) is 0 Å². The minimum atomic E-state index is -0.702. The molecule has 0 spiro atoms. The van der Waals surface area contributed by atoms with Crippen molar-refractivity contribution in [1.29, 1.82) is 0 Å². The number of imide groups is 1. The molecule has 1 N–H and O–H groups in total. The molecule has 1 aromatic rings. The second-order valence-corrected chi connectivity index (χ2v) is 7.54. The Bertz CT molecular complexity index is 669. The molecule has 1 atom stereocenters. The summed E-state index contributed by atoms with van der Waals surface area (Å²) in [5.41, 5.74) is 1.36. The lowest BCUT2D eigenvalue weighted by Crippen LogP contribution is -2.42. The average Bonchev–Trinajstić information content (AvgIpc) is 2.95. The average molecular weight is 371 g/mol. The van der Waals surface area contributed by atoms with Crippen LogP contribution in [0.3, 0.4) is 0 Å². The Morgan fingerprint density at radius 3 is 2.52 bits per heavy atom. The predicted molar refractivity (Wildman–Crippen MR) is 103 cm³/mol. The normalized spacial score (nSPS) is 20.9.